The van der Waals surface area contributed by atoms with E-state index in [-0.39, 0.29) is 17.4 Å². The summed E-state index contributed by atoms with van der Waals surface area (Å²) >= 11 is 0. The summed E-state index contributed by atoms with van der Waals surface area (Å²) in [5.74, 6) is 0.784. The highest BCUT2D eigenvalue weighted by atomic mass is 16.2. The normalized spacial score (nSPS) is 20.1. The van der Waals surface area contributed by atoms with Gasteiger partial charge < -0.3 is 5.32 Å². The fourth-order valence-electron chi connectivity index (χ4n) is 1.78. The first kappa shape index (κ1) is 11.8. The van der Waals surface area contributed by atoms with Crippen molar-refractivity contribution in [2.24, 2.45) is 10.4 Å². The zero-order valence-electron chi connectivity index (χ0n) is 10.5. The Hall–Kier alpha value is -1.64. The van der Waals surface area contributed by atoms with Crippen LogP contribution in [-0.2, 0) is 4.79 Å². The second-order valence-corrected chi connectivity index (χ2v) is 5.02. The van der Waals surface area contributed by atoms with E-state index in [2.05, 4.69) is 31.1 Å². The molecule has 1 amide bonds. The molecule has 1 heterocycles. The Balaban J connectivity index is 2.30. The molecule has 0 aliphatic carbocycles. The first-order valence-electron chi connectivity index (χ1n) is 5.98. The summed E-state index contributed by atoms with van der Waals surface area (Å²) in [5.41, 5.74) is 0.881. The van der Waals surface area contributed by atoms with Crippen LogP contribution in [0.2, 0.25) is 0 Å². The van der Waals surface area contributed by atoms with Gasteiger partial charge in [-0.25, -0.2) is 0 Å². The quantitative estimate of drug-likeness (QED) is 0.852. The number of amides is 1. The molecule has 0 radical (unpaired) electrons. The number of rotatable bonds is 3. The van der Waals surface area contributed by atoms with Crippen molar-refractivity contribution in [1.82, 2.24) is 5.32 Å². The standard InChI is InChI=1S/C14H18N2O/c1-4-14(2,3)13-15-11(12(17)16-13)10-8-6-5-7-9-10/h5-9,11H,4H2,1-3H3,(H,15,16,17)/t11-/m0/s1. The maximum atomic E-state index is 11.9. The van der Waals surface area contributed by atoms with Crippen molar-refractivity contribution >= 4 is 11.7 Å². The van der Waals surface area contributed by atoms with Gasteiger partial charge in [-0.3, -0.25) is 9.79 Å². The van der Waals surface area contributed by atoms with Crippen LogP contribution in [0.1, 0.15) is 38.8 Å². The Kier molecular flexibility index (Phi) is 3.01. The first-order valence-corrected chi connectivity index (χ1v) is 5.98. The van der Waals surface area contributed by atoms with Gasteiger partial charge in [0.05, 0.1) is 0 Å². The summed E-state index contributed by atoms with van der Waals surface area (Å²) < 4.78 is 0. The van der Waals surface area contributed by atoms with Gasteiger partial charge in [-0.1, -0.05) is 51.1 Å². The van der Waals surface area contributed by atoms with Crippen molar-refractivity contribution in [2.75, 3.05) is 0 Å². The third kappa shape index (κ3) is 2.23. The third-order valence-electron chi connectivity index (χ3n) is 3.39. The van der Waals surface area contributed by atoms with Crippen molar-refractivity contribution < 1.29 is 4.79 Å². The molecule has 1 aliphatic rings. The number of nitrogens with zero attached hydrogens (tertiary/aromatic N) is 1. The highest BCUT2D eigenvalue weighted by Gasteiger charge is 2.34. The number of aliphatic imine (C=N–C) groups is 1. The molecular formula is C14H18N2O. The van der Waals surface area contributed by atoms with Crippen LogP contribution in [0.5, 0.6) is 0 Å². The van der Waals surface area contributed by atoms with Gasteiger partial charge in [-0.15, -0.1) is 0 Å². The Morgan fingerprint density at radius 2 is 1.94 bits per heavy atom. The molecule has 0 aromatic heterocycles. The number of amidine groups is 1. The summed E-state index contributed by atoms with van der Waals surface area (Å²) in [6.07, 6.45) is 0.952. The van der Waals surface area contributed by atoms with Gasteiger partial charge in [0.2, 0.25) is 0 Å². The highest BCUT2D eigenvalue weighted by molar-refractivity contribution is 6.08. The van der Waals surface area contributed by atoms with E-state index in [1.165, 1.54) is 0 Å². The molecule has 1 aliphatic heterocycles. The molecule has 1 N–H and O–H groups in total. The van der Waals surface area contributed by atoms with Gasteiger partial charge >= 0.3 is 0 Å². The molecule has 90 valence electrons. The fourth-order valence-corrected chi connectivity index (χ4v) is 1.78. The Bertz CT molecular complexity index is 449. The lowest BCUT2D eigenvalue weighted by molar-refractivity contribution is -0.120. The minimum atomic E-state index is -0.378. The number of carbonyl (C=O) groups excluding carboxylic acids is 1. The SMILES string of the molecule is CCC(C)(C)C1=N[C@@H](c2ccccc2)C(=O)N1. The van der Waals surface area contributed by atoms with E-state index in [1.807, 2.05) is 30.3 Å². The molecule has 1 atom stereocenters. The lowest BCUT2D eigenvalue weighted by Crippen LogP contribution is -2.36. The summed E-state index contributed by atoms with van der Waals surface area (Å²) in [4.78, 5) is 16.5. The Labute approximate surface area is 102 Å². The predicted octanol–water partition coefficient (Wildman–Crippen LogP) is 2.69. The molecule has 0 fully saturated rings. The predicted molar refractivity (Wildman–Crippen MR) is 68.8 cm³/mol. The van der Waals surface area contributed by atoms with E-state index in [9.17, 15) is 4.79 Å². The number of nitrogens with one attached hydrogen (secondary N) is 1. The van der Waals surface area contributed by atoms with Gasteiger partial charge in [0.25, 0.3) is 5.91 Å². The van der Waals surface area contributed by atoms with Gasteiger partial charge in [0.1, 0.15) is 5.84 Å². The molecule has 2 rings (SSSR count). The molecule has 0 unspecified atom stereocenters. The average molecular weight is 230 g/mol. The van der Waals surface area contributed by atoms with Crippen LogP contribution in [0, 0.1) is 5.41 Å². The van der Waals surface area contributed by atoms with Gasteiger partial charge in [0, 0.05) is 5.41 Å². The summed E-state index contributed by atoms with van der Waals surface area (Å²) in [6.45, 7) is 6.30. The zero-order valence-corrected chi connectivity index (χ0v) is 10.5. The van der Waals surface area contributed by atoms with Crippen molar-refractivity contribution in [1.29, 1.82) is 0 Å². The van der Waals surface area contributed by atoms with E-state index in [0.717, 1.165) is 17.8 Å². The van der Waals surface area contributed by atoms with Gasteiger partial charge in [-0.05, 0) is 12.0 Å². The molecule has 0 saturated heterocycles. The van der Waals surface area contributed by atoms with Gasteiger partial charge in [-0.2, -0.15) is 0 Å². The minimum Gasteiger partial charge on any atom is -0.312 e. The van der Waals surface area contributed by atoms with E-state index in [4.69, 9.17) is 0 Å². The second-order valence-electron chi connectivity index (χ2n) is 5.02. The van der Waals surface area contributed by atoms with Crippen molar-refractivity contribution in [3.05, 3.63) is 35.9 Å². The maximum Gasteiger partial charge on any atom is 0.254 e. The van der Waals surface area contributed by atoms with Crippen LogP contribution in [0.3, 0.4) is 0 Å². The van der Waals surface area contributed by atoms with Crippen LogP contribution in [-0.4, -0.2) is 11.7 Å². The average Bonchev–Trinajstić information content (AvgIpc) is 2.73. The molecule has 3 nitrogen and oxygen atoms in total. The smallest absolute Gasteiger partial charge is 0.254 e. The Morgan fingerprint density at radius 1 is 1.29 bits per heavy atom. The summed E-state index contributed by atoms with van der Waals surface area (Å²) in [7, 11) is 0. The van der Waals surface area contributed by atoms with Crippen LogP contribution >= 0.6 is 0 Å². The van der Waals surface area contributed by atoms with E-state index in [1.54, 1.807) is 0 Å². The van der Waals surface area contributed by atoms with Crippen LogP contribution in [0.15, 0.2) is 35.3 Å². The second kappa shape index (κ2) is 4.32. The van der Waals surface area contributed by atoms with Crippen molar-refractivity contribution in [2.45, 2.75) is 33.2 Å². The summed E-state index contributed by atoms with van der Waals surface area (Å²) in [6, 6.07) is 9.31. The van der Waals surface area contributed by atoms with Crippen molar-refractivity contribution in [3.8, 4) is 0 Å². The van der Waals surface area contributed by atoms with Crippen LogP contribution in [0.25, 0.3) is 0 Å². The monoisotopic (exact) mass is 230 g/mol. The number of carbonyl (C=O) groups is 1. The number of benzene rings is 1. The molecule has 17 heavy (non-hydrogen) atoms. The minimum absolute atomic E-state index is 0.0206. The van der Waals surface area contributed by atoms with E-state index >= 15 is 0 Å². The van der Waals surface area contributed by atoms with Crippen LogP contribution in [0.4, 0.5) is 0 Å². The molecule has 0 saturated carbocycles. The molecule has 0 bridgehead atoms. The third-order valence-corrected chi connectivity index (χ3v) is 3.39. The first-order chi connectivity index (χ1) is 8.04. The molecule has 1 aromatic rings. The largest absolute Gasteiger partial charge is 0.312 e. The molecular weight excluding hydrogens is 212 g/mol. The zero-order chi connectivity index (χ0) is 12.5. The lowest BCUT2D eigenvalue weighted by atomic mass is 9.89. The molecule has 3 heteroatoms. The van der Waals surface area contributed by atoms with E-state index < -0.39 is 0 Å². The lowest BCUT2D eigenvalue weighted by Gasteiger charge is -2.21. The summed E-state index contributed by atoms with van der Waals surface area (Å²) in [5, 5.41) is 2.90. The topological polar surface area (TPSA) is 41.5 Å². The van der Waals surface area contributed by atoms with Crippen LogP contribution < -0.4 is 5.32 Å². The molecule has 1 aromatic carbocycles. The highest BCUT2D eigenvalue weighted by Crippen LogP contribution is 2.29. The molecule has 0 spiro atoms. The Morgan fingerprint density at radius 3 is 2.53 bits per heavy atom. The van der Waals surface area contributed by atoms with Crippen molar-refractivity contribution in [3.63, 3.8) is 0 Å². The number of hydrogen-bond donors (Lipinski definition) is 1. The maximum absolute atomic E-state index is 11.9. The number of hydrogen-bond acceptors (Lipinski definition) is 2. The van der Waals surface area contributed by atoms with E-state index in [0.29, 0.717) is 0 Å². The van der Waals surface area contributed by atoms with Gasteiger partial charge in [0.15, 0.2) is 6.04 Å². The fraction of sp³-hybridized carbons (Fsp3) is 0.429.